The largest absolute Gasteiger partial charge is 0.495 e. The van der Waals surface area contributed by atoms with Crippen LogP contribution in [-0.4, -0.2) is 24.7 Å². The first-order chi connectivity index (χ1) is 7.77. The van der Waals surface area contributed by atoms with E-state index in [1.54, 1.807) is 12.1 Å². The molecule has 0 atom stereocenters. The van der Waals surface area contributed by atoms with Crippen molar-refractivity contribution in [1.82, 2.24) is 0 Å². The molecule has 0 unspecified atom stereocenters. The van der Waals surface area contributed by atoms with Gasteiger partial charge in [-0.25, -0.2) is 0 Å². The first-order valence-corrected chi connectivity index (χ1v) is 4.83. The molecule has 17 heavy (non-hydrogen) atoms. The molecule has 0 aliphatic heterocycles. The number of aldehydes is 1. The van der Waals surface area contributed by atoms with Gasteiger partial charge in [-0.15, -0.1) is 0 Å². The van der Waals surface area contributed by atoms with Crippen molar-refractivity contribution in [2.75, 3.05) is 7.11 Å². The van der Waals surface area contributed by atoms with Crippen molar-refractivity contribution in [3.8, 4) is 5.75 Å². The maximum atomic E-state index is 11.4. The number of benzene rings is 2. The fourth-order valence-electron chi connectivity index (χ4n) is 1.72. The Bertz CT molecular complexity index is 560. The molecule has 0 aliphatic rings. The lowest BCUT2D eigenvalue weighted by Gasteiger charge is -2.08. The summed E-state index contributed by atoms with van der Waals surface area (Å²) in [6.45, 7) is 0. The minimum Gasteiger partial charge on any atom is -0.495 e. The third kappa shape index (κ3) is 2.16. The van der Waals surface area contributed by atoms with E-state index >= 15 is 0 Å². The fraction of sp³-hybridized carbons (Fsp3) is 0.0769. The van der Waals surface area contributed by atoms with Gasteiger partial charge in [-0.2, -0.15) is 0 Å². The molecule has 0 radical (unpaired) electrons. The highest BCUT2D eigenvalue weighted by Crippen LogP contribution is 2.29. The molecule has 4 heteroatoms. The van der Waals surface area contributed by atoms with Crippen molar-refractivity contribution in [2.45, 2.75) is 0 Å². The highest BCUT2D eigenvalue weighted by atomic mass is 16.5. The molecule has 0 fully saturated rings. The number of rotatable bonds is 3. The lowest BCUT2D eigenvalue weighted by Crippen LogP contribution is -2.03. The zero-order valence-corrected chi connectivity index (χ0v) is 9.27. The van der Waals surface area contributed by atoms with Gasteiger partial charge >= 0.3 is 0 Å². The van der Waals surface area contributed by atoms with Crippen molar-refractivity contribution in [2.24, 2.45) is 0 Å². The van der Waals surface area contributed by atoms with E-state index in [-0.39, 0.29) is 5.48 Å². The molecule has 0 heterocycles. The summed E-state index contributed by atoms with van der Waals surface area (Å²) >= 11 is 0. The molecule has 0 spiro atoms. The highest BCUT2D eigenvalue weighted by Gasteiger charge is 2.13. The summed E-state index contributed by atoms with van der Waals surface area (Å²) in [4.78, 5) is 21.9. The Kier molecular flexibility index (Phi) is 3.96. The van der Waals surface area contributed by atoms with Gasteiger partial charge in [0.15, 0.2) is 6.29 Å². The third-order valence-electron chi connectivity index (χ3n) is 2.46. The summed E-state index contributed by atoms with van der Waals surface area (Å²) in [6, 6.07) is 11.0. The van der Waals surface area contributed by atoms with Gasteiger partial charge in [-0.1, -0.05) is 30.3 Å². The molecular weight excluding hydrogens is 220 g/mol. The molecule has 0 aromatic heterocycles. The van der Waals surface area contributed by atoms with Crippen molar-refractivity contribution in [3.63, 3.8) is 0 Å². The Balaban J connectivity index is 0.00000144. The van der Waals surface area contributed by atoms with Crippen molar-refractivity contribution >= 4 is 22.8 Å². The first kappa shape index (κ1) is 12.9. The number of methoxy groups -OCH3 is 1. The van der Waals surface area contributed by atoms with Crippen LogP contribution in [0, 0.1) is 0 Å². The third-order valence-corrected chi connectivity index (χ3v) is 2.46. The molecule has 0 aliphatic carbocycles. The number of hydrogen-bond acceptors (Lipinski definition) is 3. The monoisotopic (exact) mass is 232 g/mol. The Hall–Kier alpha value is -2.20. The van der Waals surface area contributed by atoms with Gasteiger partial charge < -0.3 is 10.2 Å². The van der Waals surface area contributed by atoms with Gasteiger partial charge in [0.2, 0.25) is 5.78 Å². The second kappa shape index (κ2) is 5.23. The van der Waals surface area contributed by atoms with Gasteiger partial charge in [-0.05, 0) is 11.5 Å². The Morgan fingerprint density at radius 1 is 1.18 bits per heavy atom. The Morgan fingerprint density at radius 3 is 2.53 bits per heavy atom. The van der Waals surface area contributed by atoms with E-state index in [1.807, 2.05) is 24.3 Å². The van der Waals surface area contributed by atoms with Crippen LogP contribution in [0.2, 0.25) is 0 Å². The number of Topliss-reactive ketones (excluding diaryl/α,β-unsaturated/α-hetero) is 1. The van der Waals surface area contributed by atoms with Gasteiger partial charge in [0.1, 0.15) is 5.75 Å². The van der Waals surface area contributed by atoms with E-state index in [4.69, 9.17) is 4.74 Å². The summed E-state index contributed by atoms with van der Waals surface area (Å²) in [5.41, 5.74) is 0.302. The Morgan fingerprint density at radius 2 is 1.88 bits per heavy atom. The lowest BCUT2D eigenvalue weighted by molar-refractivity contribution is -0.104. The zero-order chi connectivity index (χ0) is 11.5. The molecule has 4 nitrogen and oxygen atoms in total. The molecule has 0 saturated heterocycles. The molecule has 0 saturated carbocycles. The van der Waals surface area contributed by atoms with Crippen LogP contribution in [0.15, 0.2) is 36.4 Å². The lowest BCUT2D eigenvalue weighted by atomic mass is 10.0. The summed E-state index contributed by atoms with van der Waals surface area (Å²) < 4.78 is 5.20. The van der Waals surface area contributed by atoms with Crippen LogP contribution >= 0.6 is 0 Å². The van der Waals surface area contributed by atoms with Crippen LogP contribution in [-0.2, 0) is 4.79 Å². The number of hydrogen-bond donors (Lipinski definition) is 0. The van der Waals surface area contributed by atoms with E-state index in [2.05, 4.69) is 0 Å². The van der Waals surface area contributed by atoms with Crippen LogP contribution in [0.1, 0.15) is 10.4 Å². The SMILES string of the molecule is COc1c(C(=O)C=O)ccc2ccccc12.O. The number of carbonyl (C=O) groups is 2. The van der Waals surface area contributed by atoms with Crippen LogP contribution < -0.4 is 4.74 Å². The average Bonchev–Trinajstić information content (AvgIpc) is 2.36. The molecule has 0 amide bonds. The number of fused-ring (bicyclic) bond motifs is 1. The molecule has 88 valence electrons. The first-order valence-electron chi connectivity index (χ1n) is 4.83. The van der Waals surface area contributed by atoms with Crippen LogP contribution in [0.4, 0.5) is 0 Å². The molecule has 0 bridgehead atoms. The normalized spacial score (nSPS) is 9.47. The number of ether oxygens (including phenoxy) is 1. The van der Waals surface area contributed by atoms with E-state index in [9.17, 15) is 9.59 Å². The van der Waals surface area contributed by atoms with Crippen LogP contribution in [0.3, 0.4) is 0 Å². The van der Waals surface area contributed by atoms with E-state index < -0.39 is 5.78 Å². The molecular formula is C13H12O4. The summed E-state index contributed by atoms with van der Waals surface area (Å²) in [5, 5.41) is 1.81. The highest BCUT2D eigenvalue weighted by molar-refractivity contribution is 6.34. The summed E-state index contributed by atoms with van der Waals surface area (Å²) in [5.74, 6) is -0.113. The smallest absolute Gasteiger partial charge is 0.229 e. The second-order valence-electron chi connectivity index (χ2n) is 3.35. The van der Waals surface area contributed by atoms with Gasteiger partial charge in [0.25, 0.3) is 0 Å². The Labute approximate surface area is 98.1 Å². The van der Waals surface area contributed by atoms with E-state index in [0.717, 1.165) is 10.8 Å². The van der Waals surface area contributed by atoms with E-state index in [1.165, 1.54) is 7.11 Å². The number of carbonyl (C=O) groups excluding carboxylic acids is 2. The maximum Gasteiger partial charge on any atom is 0.229 e. The van der Waals surface area contributed by atoms with Gasteiger partial charge in [-0.3, -0.25) is 9.59 Å². The summed E-state index contributed by atoms with van der Waals surface area (Å²) in [7, 11) is 1.49. The average molecular weight is 232 g/mol. The van der Waals surface area contributed by atoms with Crippen molar-refractivity contribution in [1.29, 1.82) is 0 Å². The standard InChI is InChI=1S/C13H10O3.H2O/c1-16-13-10-5-3-2-4-9(10)6-7-11(13)12(15)8-14;/h2-8H,1H3;1H2. The molecule has 2 rings (SSSR count). The van der Waals surface area contributed by atoms with Crippen LogP contribution in [0.5, 0.6) is 5.75 Å². The second-order valence-corrected chi connectivity index (χ2v) is 3.35. The van der Waals surface area contributed by atoms with Crippen molar-refractivity contribution in [3.05, 3.63) is 42.0 Å². The molecule has 2 N–H and O–H groups in total. The molecule has 2 aromatic carbocycles. The van der Waals surface area contributed by atoms with Crippen LogP contribution in [0.25, 0.3) is 10.8 Å². The molecule has 2 aromatic rings. The van der Waals surface area contributed by atoms with E-state index in [0.29, 0.717) is 17.6 Å². The minimum absolute atomic E-state index is 0. The van der Waals surface area contributed by atoms with Gasteiger partial charge in [0, 0.05) is 5.39 Å². The fourth-order valence-corrected chi connectivity index (χ4v) is 1.72. The zero-order valence-electron chi connectivity index (χ0n) is 9.27. The van der Waals surface area contributed by atoms with Gasteiger partial charge in [0.05, 0.1) is 12.7 Å². The topological polar surface area (TPSA) is 74.9 Å². The minimum atomic E-state index is -0.567. The van der Waals surface area contributed by atoms with Crippen molar-refractivity contribution < 1.29 is 19.8 Å². The maximum absolute atomic E-state index is 11.4. The predicted molar refractivity (Wildman–Crippen MR) is 64.5 cm³/mol. The quantitative estimate of drug-likeness (QED) is 0.456. The summed E-state index contributed by atoms with van der Waals surface area (Å²) in [6.07, 6.45) is 0.298. The predicted octanol–water partition coefficient (Wildman–Crippen LogP) is 1.41. The number of ketones is 1.